The van der Waals surface area contributed by atoms with Crippen molar-refractivity contribution in [3.63, 3.8) is 0 Å². The zero-order valence-corrected chi connectivity index (χ0v) is 12.2. The van der Waals surface area contributed by atoms with Crippen molar-refractivity contribution in [2.45, 2.75) is 6.92 Å². The van der Waals surface area contributed by atoms with Crippen LogP contribution in [0, 0.1) is 6.92 Å². The van der Waals surface area contributed by atoms with Crippen LogP contribution in [0.2, 0.25) is 0 Å². The lowest BCUT2D eigenvalue weighted by molar-refractivity contribution is 0.0988. The Morgan fingerprint density at radius 3 is 2.71 bits per heavy atom. The first kappa shape index (κ1) is 14.7. The van der Waals surface area contributed by atoms with Gasteiger partial charge in [-0.05, 0) is 19.1 Å². The molecule has 0 fully saturated rings. The Kier molecular flexibility index (Phi) is 4.66. The van der Waals surface area contributed by atoms with Gasteiger partial charge in [-0.3, -0.25) is 4.79 Å². The fourth-order valence-corrected chi connectivity index (χ4v) is 1.89. The predicted molar refractivity (Wildman–Crippen MR) is 84.6 cm³/mol. The molecule has 1 aromatic heterocycles. The van der Waals surface area contributed by atoms with Crippen LogP contribution in [-0.4, -0.2) is 29.5 Å². The van der Waals surface area contributed by atoms with Gasteiger partial charge in [-0.2, -0.15) is 0 Å². The van der Waals surface area contributed by atoms with Gasteiger partial charge in [0.2, 0.25) is 0 Å². The van der Waals surface area contributed by atoms with Crippen LogP contribution >= 0.6 is 0 Å². The molecule has 21 heavy (non-hydrogen) atoms. The molecule has 5 nitrogen and oxygen atoms in total. The molecule has 0 aliphatic rings. The standard InChI is InChI=1S/C16H18N4O/c1-4-10-17-15-11-14(18-12(2)19-15)16(21)20(3)13-8-6-5-7-9-13/h4-9,11H,1,10H2,2-3H3,(H,17,18,19). The molecular weight excluding hydrogens is 264 g/mol. The number of aromatic nitrogens is 2. The Morgan fingerprint density at radius 2 is 2.05 bits per heavy atom. The van der Waals surface area contributed by atoms with E-state index in [-0.39, 0.29) is 5.91 Å². The van der Waals surface area contributed by atoms with Gasteiger partial charge in [0, 0.05) is 25.3 Å². The number of amides is 1. The van der Waals surface area contributed by atoms with Crippen LogP contribution < -0.4 is 10.2 Å². The minimum atomic E-state index is -0.173. The van der Waals surface area contributed by atoms with Crippen molar-refractivity contribution in [1.29, 1.82) is 0 Å². The van der Waals surface area contributed by atoms with Crippen molar-refractivity contribution in [2.75, 3.05) is 23.8 Å². The largest absolute Gasteiger partial charge is 0.366 e. The quantitative estimate of drug-likeness (QED) is 0.857. The number of nitrogens with one attached hydrogen (secondary N) is 1. The van der Waals surface area contributed by atoms with Gasteiger partial charge in [0.05, 0.1) is 0 Å². The lowest BCUT2D eigenvalue weighted by atomic mass is 10.2. The van der Waals surface area contributed by atoms with E-state index in [0.717, 1.165) is 5.69 Å². The number of hydrogen-bond donors (Lipinski definition) is 1. The van der Waals surface area contributed by atoms with Crippen LogP contribution in [0.5, 0.6) is 0 Å². The third-order valence-corrected chi connectivity index (χ3v) is 2.93. The van der Waals surface area contributed by atoms with Crippen LogP contribution in [-0.2, 0) is 0 Å². The summed E-state index contributed by atoms with van der Waals surface area (Å²) in [5.74, 6) is 0.995. The van der Waals surface area contributed by atoms with Gasteiger partial charge in [-0.1, -0.05) is 24.3 Å². The maximum absolute atomic E-state index is 12.5. The minimum absolute atomic E-state index is 0.173. The summed E-state index contributed by atoms with van der Waals surface area (Å²) in [6.45, 7) is 5.99. The molecule has 0 aliphatic heterocycles. The Morgan fingerprint density at radius 1 is 1.33 bits per heavy atom. The average Bonchev–Trinajstić information content (AvgIpc) is 2.51. The van der Waals surface area contributed by atoms with E-state index < -0.39 is 0 Å². The highest BCUT2D eigenvalue weighted by Crippen LogP contribution is 2.15. The topological polar surface area (TPSA) is 58.1 Å². The molecule has 0 radical (unpaired) electrons. The number of benzene rings is 1. The van der Waals surface area contributed by atoms with E-state index in [0.29, 0.717) is 23.9 Å². The molecule has 1 heterocycles. The molecule has 0 bridgehead atoms. The Hall–Kier alpha value is -2.69. The highest BCUT2D eigenvalue weighted by atomic mass is 16.2. The van der Waals surface area contributed by atoms with Crippen LogP contribution in [0.4, 0.5) is 11.5 Å². The molecule has 2 rings (SSSR count). The molecule has 1 aromatic carbocycles. The van der Waals surface area contributed by atoms with Crippen molar-refractivity contribution < 1.29 is 4.79 Å². The average molecular weight is 282 g/mol. The fourth-order valence-electron chi connectivity index (χ4n) is 1.89. The summed E-state index contributed by atoms with van der Waals surface area (Å²) in [4.78, 5) is 22.5. The molecule has 108 valence electrons. The second-order valence-corrected chi connectivity index (χ2v) is 4.55. The van der Waals surface area contributed by atoms with Gasteiger partial charge in [-0.15, -0.1) is 6.58 Å². The summed E-state index contributed by atoms with van der Waals surface area (Å²) in [6, 6.07) is 11.1. The first-order valence-corrected chi connectivity index (χ1v) is 6.65. The fraction of sp³-hybridized carbons (Fsp3) is 0.188. The second-order valence-electron chi connectivity index (χ2n) is 4.55. The van der Waals surface area contributed by atoms with Crippen molar-refractivity contribution in [3.05, 3.63) is 60.6 Å². The minimum Gasteiger partial charge on any atom is -0.366 e. The summed E-state index contributed by atoms with van der Waals surface area (Å²) in [7, 11) is 1.73. The molecule has 0 spiro atoms. The van der Waals surface area contributed by atoms with Gasteiger partial charge in [0.1, 0.15) is 17.3 Å². The van der Waals surface area contributed by atoms with Gasteiger partial charge < -0.3 is 10.2 Å². The van der Waals surface area contributed by atoms with E-state index in [9.17, 15) is 4.79 Å². The van der Waals surface area contributed by atoms with E-state index in [1.807, 2.05) is 30.3 Å². The Labute approximate surface area is 124 Å². The number of aryl methyl sites for hydroxylation is 1. The van der Waals surface area contributed by atoms with E-state index in [2.05, 4.69) is 21.9 Å². The van der Waals surface area contributed by atoms with Crippen LogP contribution in [0.15, 0.2) is 49.1 Å². The van der Waals surface area contributed by atoms with Crippen molar-refractivity contribution in [1.82, 2.24) is 9.97 Å². The summed E-state index contributed by atoms with van der Waals surface area (Å²) in [5.41, 5.74) is 1.18. The van der Waals surface area contributed by atoms with E-state index >= 15 is 0 Å². The van der Waals surface area contributed by atoms with Crippen molar-refractivity contribution in [2.24, 2.45) is 0 Å². The molecule has 1 amide bonds. The highest BCUT2D eigenvalue weighted by Gasteiger charge is 2.16. The van der Waals surface area contributed by atoms with Crippen molar-refractivity contribution >= 4 is 17.4 Å². The van der Waals surface area contributed by atoms with Crippen molar-refractivity contribution in [3.8, 4) is 0 Å². The number of anilines is 2. The van der Waals surface area contributed by atoms with Gasteiger partial charge in [-0.25, -0.2) is 9.97 Å². The van der Waals surface area contributed by atoms with Crippen LogP contribution in [0.3, 0.4) is 0 Å². The van der Waals surface area contributed by atoms with E-state index in [4.69, 9.17) is 0 Å². The molecule has 0 saturated carbocycles. The molecule has 0 aliphatic carbocycles. The highest BCUT2D eigenvalue weighted by molar-refractivity contribution is 6.04. The van der Waals surface area contributed by atoms with Crippen LogP contribution in [0.25, 0.3) is 0 Å². The number of nitrogens with zero attached hydrogens (tertiary/aromatic N) is 3. The van der Waals surface area contributed by atoms with E-state index in [1.165, 1.54) is 0 Å². The predicted octanol–water partition coefficient (Wildman–Crippen LogP) is 2.66. The molecule has 1 N–H and O–H groups in total. The van der Waals surface area contributed by atoms with Gasteiger partial charge in [0.15, 0.2) is 0 Å². The summed E-state index contributed by atoms with van der Waals surface area (Å²) >= 11 is 0. The lowest BCUT2D eigenvalue weighted by Crippen LogP contribution is -2.27. The third kappa shape index (κ3) is 3.66. The Bertz CT molecular complexity index is 640. The zero-order chi connectivity index (χ0) is 15.2. The normalized spacial score (nSPS) is 10.0. The Balaban J connectivity index is 2.26. The van der Waals surface area contributed by atoms with Crippen LogP contribution in [0.1, 0.15) is 16.3 Å². The zero-order valence-electron chi connectivity index (χ0n) is 12.2. The number of rotatable bonds is 5. The second kappa shape index (κ2) is 6.65. The third-order valence-electron chi connectivity index (χ3n) is 2.93. The number of para-hydroxylation sites is 1. The SMILES string of the molecule is C=CCNc1cc(C(=O)N(C)c2ccccc2)nc(C)n1. The summed E-state index contributed by atoms with van der Waals surface area (Å²) in [5, 5.41) is 3.07. The first-order valence-electron chi connectivity index (χ1n) is 6.65. The van der Waals surface area contributed by atoms with E-state index in [1.54, 1.807) is 31.0 Å². The lowest BCUT2D eigenvalue weighted by Gasteiger charge is -2.17. The molecule has 0 saturated heterocycles. The molecular formula is C16H18N4O. The molecule has 0 unspecified atom stereocenters. The maximum atomic E-state index is 12.5. The molecule has 0 atom stereocenters. The smallest absolute Gasteiger partial charge is 0.276 e. The number of carbonyl (C=O) groups is 1. The molecule has 2 aromatic rings. The summed E-state index contributed by atoms with van der Waals surface area (Å²) < 4.78 is 0. The summed E-state index contributed by atoms with van der Waals surface area (Å²) in [6.07, 6.45) is 1.73. The maximum Gasteiger partial charge on any atom is 0.276 e. The molecule has 5 heteroatoms. The first-order chi connectivity index (χ1) is 10.1. The van der Waals surface area contributed by atoms with Gasteiger partial charge >= 0.3 is 0 Å². The number of carbonyl (C=O) groups excluding carboxylic acids is 1. The van der Waals surface area contributed by atoms with Gasteiger partial charge in [0.25, 0.3) is 5.91 Å². The monoisotopic (exact) mass is 282 g/mol. The number of hydrogen-bond acceptors (Lipinski definition) is 4.